The molecule has 8 heteroatoms. The second-order valence-corrected chi connectivity index (χ2v) is 7.69. The Morgan fingerprint density at radius 2 is 1.77 bits per heavy atom. The smallest absolute Gasteiger partial charge is 0.255 e. The number of hydrogen-bond acceptors (Lipinski definition) is 5. The lowest BCUT2D eigenvalue weighted by Crippen LogP contribution is -2.36. The molecule has 7 nitrogen and oxygen atoms in total. The average molecular weight is 375 g/mol. The number of nitrogens with zero attached hydrogens (tertiary/aromatic N) is 2. The van der Waals surface area contributed by atoms with Crippen molar-refractivity contribution < 1.29 is 17.9 Å². The Bertz CT molecular complexity index is 876. The summed E-state index contributed by atoms with van der Waals surface area (Å²) in [5.41, 5.74) is 4.04. The van der Waals surface area contributed by atoms with Gasteiger partial charge < -0.3 is 4.74 Å². The molecule has 2 rings (SSSR count). The molecule has 0 aliphatic rings. The molecule has 2 aromatic carbocycles. The van der Waals surface area contributed by atoms with Crippen molar-refractivity contribution in [2.45, 2.75) is 11.8 Å². The highest BCUT2D eigenvalue weighted by Crippen LogP contribution is 2.14. The van der Waals surface area contributed by atoms with Gasteiger partial charge in [-0.3, -0.25) is 4.79 Å². The van der Waals surface area contributed by atoms with Crippen molar-refractivity contribution in [1.29, 1.82) is 0 Å². The normalized spacial score (nSPS) is 11.7. The van der Waals surface area contributed by atoms with Gasteiger partial charge in [-0.25, -0.2) is 13.8 Å². The number of rotatable bonds is 7. The molecule has 0 atom stereocenters. The van der Waals surface area contributed by atoms with Crippen molar-refractivity contribution in [3.63, 3.8) is 0 Å². The first-order valence-electron chi connectivity index (χ1n) is 7.82. The molecule has 0 bridgehead atoms. The summed E-state index contributed by atoms with van der Waals surface area (Å²) >= 11 is 0. The van der Waals surface area contributed by atoms with E-state index in [2.05, 4.69) is 10.5 Å². The number of benzene rings is 2. The van der Waals surface area contributed by atoms with Crippen molar-refractivity contribution in [3.05, 3.63) is 59.7 Å². The molecule has 2 aromatic rings. The Balaban J connectivity index is 1.93. The van der Waals surface area contributed by atoms with Crippen molar-refractivity contribution >= 4 is 22.1 Å². The van der Waals surface area contributed by atoms with Gasteiger partial charge in [0.05, 0.1) is 24.8 Å². The SMILES string of the molecule is COc1ccc(/C=N\NC(=O)CN(C)S(=O)(=O)c2ccc(C)cc2)cc1. The van der Waals surface area contributed by atoms with Gasteiger partial charge in [0.1, 0.15) is 5.75 Å². The molecule has 0 heterocycles. The highest BCUT2D eigenvalue weighted by molar-refractivity contribution is 7.89. The quantitative estimate of drug-likeness (QED) is 0.590. The third-order valence-electron chi connectivity index (χ3n) is 3.61. The summed E-state index contributed by atoms with van der Waals surface area (Å²) in [6, 6.07) is 13.5. The van der Waals surface area contributed by atoms with E-state index in [0.717, 1.165) is 15.4 Å². The van der Waals surface area contributed by atoms with Crippen LogP contribution in [0.3, 0.4) is 0 Å². The highest BCUT2D eigenvalue weighted by Gasteiger charge is 2.22. The zero-order chi connectivity index (χ0) is 19.2. The number of hydrazone groups is 1. The number of likely N-dealkylation sites (N-methyl/N-ethyl adjacent to an activating group) is 1. The molecule has 0 unspecified atom stereocenters. The first-order chi connectivity index (χ1) is 12.3. The zero-order valence-corrected chi connectivity index (χ0v) is 15.7. The topological polar surface area (TPSA) is 88.1 Å². The minimum absolute atomic E-state index is 0.139. The second-order valence-electron chi connectivity index (χ2n) is 5.64. The first kappa shape index (κ1) is 19.6. The largest absolute Gasteiger partial charge is 0.497 e. The van der Waals surface area contributed by atoms with Crippen molar-refractivity contribution in [3.8, 4) is 5.75 Å². The predicted molar refractivity (Wildman–Crippen MR) is 99.7 cm³/mol. The van der Waals surface area contributed by atoms with Crippen LogP contribution in [0.5, 0.6) is 5.75 Å². The molecule has 0 aliphatic heterocycles. The molecular formula is C18H21N3O4S. The van der Waals surface area contributed by atoms with E-state index in [-0.39, 0.29) is 11.4 Å². The first-order valence-corrected chi connectivity index (χ1v) is 9.26. The van der Waals surface area contributed by atoms with Crippen molar-refractivity contribution in [2.24, 2.45) is 5.10 Å². The van der Waals surface area contributed by atoms with Crippen LogP contribution in [0.15, 0.2) is 58.5 Å². The van der Waals surface area contributed by atoms with Crippen LogP contribution in [-0.4, -0.2) is 45.5 Å². The molecule has 1 N–H and O–H groups in total. The maximum Gasteiger partial charge on any atom is 0.255 e. The summed E-state index contributed by atoms with van der Waals surface area (Å²) in [5.74, 6) is 0.182. The molecule has 0 saturated heterocycles. The van der Waals surface area contributed by atoms with E-state index >= 15 is 0 Å². The lowest BCUT2D eigenvalue weighted by Gasteiger charge is -2.16. The Labute approximate surface area is 153 Å². The van der Waals surface area contributed by atoms with Gasteiger partial charge in [-0.1, -0.05) is 17.7 Å². The fourth-order valence-corrected chi connectivity index (χ4v) is 3.21. The number of amides is 1. The molecule has 0 fully saturated rings. The van der Waals surface area contributed by atoms with Gasteiger partial charge in [-0.05, 0) is 48.9 Å². The van der Waals surface area contributed by atoms with Crippen LogP contribution in [0.1, 0.15) is 11.1 Å². The van der Waals surface area contributed by atoms with Crippen molar-refractivity contribution in [2.75, 3.05) is 20.7 Å². The summed E-state index contributed by atoms with van der Waals surface area (Å²) in [7, 11) is -0.806. The Morgan fingerprint density at radius 1 is 1.15 bits per heavy atom. The predicted octanol–water partition coefficient (Wildman–Crippen LogP) is 1.77. The monoisotopic (exact) mass is 375 g/mol. The van der Waals surface area contributed by atoms with Gasteiger partial charge in [0.2, 0.25) is 10.0 Å². The third-order valence-corrected chi connectivity index (χ3v) is 5.43. The number of ether oxygens (including phenoxy) is 1. The van der Waals surface area contributed by atoms with Gasteiger partial charge in [0.15, 0.2) is 0 Å². The Hall–Kier alpha value is -2.71. The van der Waals surface area contributed by atoms with Crippen LogP contribution in [0, 0.1) is 6.92 Å². The Morgan fingerprint density at radius 3 is 2.35 bits per heavy atom. The summed E-state index contributed by atoms with van der Waals surface area (Å²) < 4.78 is 30.9. The summed E-state index contributed by atoms with van der Waals surface area (Å²) in [4.78, 5) is 12.1. The third kappa shape index (κ3) is 5.14. The fraction of sp³-hybridized carbons (Fsp3) is 0.222. The fourth-order valence-electron chi connectivity index (χ4n) is 2.08. The minimum atomic E-state index is -3.73. The molecule has 1 amide bonds. The van der Waals surface area contributed by atoms with Crippen molar-refractivity contribution in [1.82, 2.24) is 9.73 Å². The summed E-state index contributed by atoms with van der Waals surface area (Å²) in [6.45, 7) is 1.53. The van der Waals surface area contributed by atoms with Crippen LogP contribution >= 0.6 is 0 Å². The number of aryl methyl sites for hydroxylation is 1. The van der Waals surface area contributed by atoms with Gasteiger partial charge in [0.25, 0.3) is 5.91 Å². The molecule has 0 saturated carbocycles. The number of methoxy groups -OCH3 is 1. The number of carbonyl (C=O) groups is 1. The molecule has 138 valence electrons. The number of nitrogens with one attached hydrogen (secondary N) is 1. The van der Waals surface area contributed by atoms with Crippen LogP contribution in [0.4, 0.5) is 0 Å². The molecule has 0 aliphatic carbocycles. The number of sulfonamides is 1. The summed E-state index contributed by atoms with van der Waals surface area (Å²) in [5, 5.41) is 3.83. The zero-order valence-electron chi connectivity index (χ0n) is 14.8. The maximum atomic E-state index is 12.4. The number of hydrogen-bond donors (Lipinski definition) is 1. The van der Waals surface area contributed by atoms with E-state index in [1.165, 1.54) is 25.4 Å². The summed E-state index contributed by atoms with van der Waals surface area (Å²) in [6.07, 6.45) is 1.46. The molecule has 0 radical (unpaired) electrons. The van der Waals surface area contributed by atoms with E-state index in [1.54, 1.807) is 43.5 Å². The lowest BCUT2D eigenvalue weighted by molar-refractivity contribution is -0.121. The van der Waals surface area contributed by atoms with Gasteiger partial charge in [-0.2, -0.15) is 9.41 Å². The van der Waals surface area contributed by atoms with E-state index in [9.17, 15) is 13.2 Å². The highest BCUT2D eigenvalue weighted by atomic mass is 32.2. The second kappa shape index (κ2) is 8.59. The minimum Gasteiger partial charge on any atom is -0.497 e. The number of carbonyl (C=O) groups excluding carboxylic acids is 1. The van der Waals surface area contributed by atoms with Crippen LogP contribution in [0.25, 0.3) is 0 Å². The lowest BCUT2D eigenvalue weighted by atomic mass is 10.2. The van der Waals surface area contributed by atoms with Crippen LogP contribution < -0.4 is 10.2 Å². The van der Waals surface area contributed by atoms with E-state index in [0.29, 0.717) is 5.75 Å². The molecule has 0 aromatic heterocycles. The maximum absolute atomic E-state index is 12.4. The van der Waals surface area contributed by atoms with Gasteiger partial charge in [-0.15, -0.1) is 0 Å². The van der Waals surface area contributed by atoms with Gasteiger partial charge in [0, 0.05) is 7.05 Å². The van der Waals surface area contributed by atoms with Crippen LogP contribution in [-0.2, 0) is 14.8 Å². The standard InChI is InChI=1S/C18H21N3O4S/c1-14-4-10-17(11-5-14)26(23,24)21(2)13-18(22)20-19-12-15-6-8-16(25-3)9-7-15/h4-12H,13H2,1-3H3,(H,20,22)/b19-12-. The molecular weight excluding hydrogens is 354 g/mol. The Kier molecular flexibility index (Phi) is 6.48. The van der Waals surface area contributed by atoms with E-state index in [4.69, 9.17) is 4.74 Å². The average Bonchev–Trinajstić information content (AvgIpc) is 2.62. The van der Waals surface area contributed by atoms with Crippen LogP contribution in [0.2, 0.25) is 0 Å². The molecule has 0 spiro atoms. The van der Waals surface area contributed by atoms with E-state index in [1.807, 2.05) is 6.92 Å². The van der Waals surface area contributed by atoms with Gasteiger partial charge >= 0.3 is 0 Å². The van der Waals surface area contributed by atoms with E-state index < -0.39 is 15.9 Å². The molecule has 26 heavy (non-hydrogen) atoms.